The largest absolute Gasteiger partial charge is 0.497 e. The lowest BCUT2D eigenvalue weighted by atomic mass is 10.00. The first-order valence-corrected chi connectivity index (χ1v) is 11.4. The Labute approximate surface area is 191 Å². The molecule has 2 aromatic rings. The van der Waals surface area contributed by atoms with Gasteiger partial charge in [0.2, 0.25) is 5.43 Å². The molecule has 0 aliphatic heterocycles. The molecule has 7 nitrogen and oxygen atoms in total. The summed E-state index contributed by atoms with van der Waals surface area (Å²) in [7, 11) is 5.27. The zero-order valence-electron chi connectivity index (χ0n) is 19.2. The molecule has 0 spiro atoms. The summed E-state index contributed by atoms with van der Waals surface area (Å²) in [6.07, 6.45) is 5.80. The number of ether oxygens (including phenoxy) is 2. The summed E-state index contributed by atoms with van der Waals surface area (Å²) in [5.41, 5.74) is 0.798. The number of hydrogen-bond donors (Lipinski definition) is 1. The third-order valence-corrected chi connectivity index (χ3v) is 6.40. The van der Waals surface area contributed by atoms with E-state index >= 15 is 0 Å². The van der Waals surface area contributed by atoms with Crippen LogP contribution in [-0.4, -0.2) is 30.7 Å². The van der Waals surface area contributed by atoms with Crippen LogP contribution in [-0.2, 0) is 6.54 Å². The number of carbonyl (C=O) groups excluding carboxylic acids is 1. The molecule has 174 valence electrons. The zero-order chi connectivity index (χ0) is 23.3. The van der Waals surface area contributed by atoms with Crippen molar-refractivity contribution in [3.63, 3.8) is 0 Å². The maximum Gasteiger partial charge on any atom is 0.268 e. The van der Waals surface area contributed by atoms with Crippen molar-refractivity contribution in [3.8, 4) is 17.2 Å². The Morgan fingerprint density at radius 2 is 1.78 bits per heavy atom. The molecule has 1 aromatic heterocycles. The number of aromatic nitrogens is 1. The predicted octanol–water partition coefficient (Wildman–Crippen LogP) is 4.03. The normalized spacial score (nSPS) is 20.8. The fraction of sp³-hybridized carbons (Fsp3) is 0.500. The van der Waals surface area contributed by atoms with Gasteiger partial charge in [-0.3, -0.25) is 9.59 Å². The maximum atomic E-state index is 13.3. The molecule has 3 rings (SSSR count). The number of pyridine rings is 1. The van der Waals surface area contributed by atoms with Gasteiger partial charge >= 0.3 is 0 Å². The highest BCUT2D eigenvalue weighted by atomic mass is 31.0. The van der Waals surface area contributed by atoms with Crippen LogP contribution in [0.15, 0.2) is 35.3 Å². The first-order valence-electron chi connectivity index (χ1n) is 11.0. The van der Waals surface area contributed by atoms with E-state index in [0.717, 1.165) is 18.4 Å². The molecule has 1 saturated carbocycles. The quantitative estimate of drug-likeness (QED) is 0.499. The van der Waals surface area contributed by atoms with Crippen molar-refractivity contribution < 1.29 is 18.8 Å². The smallest absolute Gasteiger partial charge is 0.268 e. The summed E-state index contributed by atoms with van der Waals surface area (Å²) in [5, 5.41) is 3.18. The predicted molar refractivity (Wildman–Crippen MR) is 128 cm³/mol. The second-order valence-electron chi connectivity index (χ2n) is 8.74. The van der Waals surface area contributed by atoms with Gasteiger partial charge in [0.1, 0.15) is 17.2 Å². The molecule has 0 saturated heterocycles. The van der Waals surface area contributed by atoms with E-state index in [1.54, 1.807) is 31.0 Å². The summed E-state index contributed by atoms with van der Waals surface area (Å²) >= 11 is 0. The van der Waals surface area contributed by atoms with Crippen molar-refractivity contribution in [2.75, 3.05) is 14.2 Å². The van der Waals surface area contributed by atoms with Crippen molar-refractivity contribution in [2.24, 2.45) is 11.8 Å². The number of benzene rings is 1. The van der Waals surface area contributed by atoms with Crippen molar-refractivity contribution >= 4 is 15.4 Å². The van der Waals surface area contributed by atoms with Gasteiger partial charge in [-0.1, -0.05) is 26.7 Å². The van der Waals surface area contributed by atoms with Crippen molar-refractivity contribution in [1.29, 1.82) is 0 Å². The van der Waals surface area contributed by atoms with Crippen molar-refractivity contribution in [3.05, 3.63) is 51.9 Å². The zero-order valence-corrected chi connectivity index (χ0v) is 20.4. The molecule has 8 heteroatoms. The number of amides is 1. The summed E-state index contributed by atoms with van der Waals surface area (Å²) < 4.78 is 17.7. The molecule has 1 aliphatic carbocycles. The van der Waals surface area contributed by atoms with Gasteiger partial charge in [-0.15, -0.1) is 0 Å². The van der Waals surface area contributed by atoms with Crippen LogP contribution in [0.4, 0.5) is 0 Å². The summed E-state index contributed by atoms with van der Waals surface area (Å²) in [6, 6.07) is 6.94. The van der Waals surface area contributed by atoms with Gasteiger partial charge < -0.3 is 23.9 Å². The minimum absolute atomic E-state index is 0.0896. The highest BCUT2D eigenvalue weighted by Crippen LogP contribution is 2.28. The molecule has 1 aliphatic rings. The van der Waals surface area contributed by atoms with Crippen LogP contribution in [0, 0.1) is 11.8 Å². The molecule has 4 atom stereocenters. The fourth-order valence-electron chi connectivity index (χ4n) is 4.38. The lowest BCUT2D eigenvalue weighted by Crippen LogP contribution is -2.38. The number of nitrogens with one attached hydrogen (secondary N) is 1. The Morgan fingerprint density at radius 3 is 2.38 bits per heavy atom. The van der Waals surface area contributed by atoms with Crippen LogP contribution in [0.2, 0.25) is 0 Å². The van der Waals surface area contributed by atoms with E-state index in [1.165, 1.54) is 18.9 Å². The van der Waals surface area contributed by atoms with E-state index in [2.05, 4.69) is 28.6 Å². The molecule has 1 N–H and O–H groups in total. The Morgan fingerprint density at radius 1 is 1.09 bits per heavy atom. The van der Waals surface area contributed by atoms with Crippen LogP contribution in [0.3, 0.4) is 0 Å². The van der Waals surface area contributed by atoms with E-state index in [4.69, 9.17) is 14.0 Å². The summed E-state index contributed by atoms with van der Waals surface area (Å²) in [6.45, 7) is 4.79. The Balaban J connectivity index is 1.93. The van der Waals surface area contributed by atoms with Crippen LogP contribution in [0.1, 0.15) is 55.6 Å². The van der Waals surface area contributed by atoms with Crippen molar-refractivity contribution in [2.45, 2.75) is 52.1 Å². The molecular formula is C24H33N2O5P. The summed E-state index contributed by atoms with van der Waals surface area (Å²) in [4.78, 5) is 25.8. The van der Waals surface area contributed by atoms with E-state index < -0.39 is 0 Å². The number of carbonyl (C=O) groups is 1. The number of nitrogens with zero attached hydrogens (tertiary/aromatic N) is 1. The third-order valence-electron chi connectivity index (χ3n) is 6.15. The van der Waals surface area contributed by atoms with Crippen LogP contribution >= 0.6 is 9.47 Å². The molecular weight excluding hydrogens is 427 g/mol. The average Bonchev–Trinajstić information content (AvgIpc) is 2.94. The highest BCUT2D eigenvalue weighted by molar-refractivity contribution is 7.10. The lowest BCUT2D eigenvalue weighted by Gasteiger charge is -2.22. The molecule has 32 heavy (non-hydrogen) atoms. The number of methoxy groups -OCH3 is 2. The average molecular weight is 461 g/mol. The minimum atomic E-state index is -0.342. The Hall–Kier alpha value is -2.53. The van der Waals surface area contributed by atoms with Gasteiger partial charge in [0.15, 0.2) is 5.75 Å². The van der Waals surface area contributed by atoms with Gasteiger partial charge in [-0.05, 0) is 36.8 Å². The van der Waals surface area contributed by atoms with Crippen molar-refractivity contribution in [1.82, 2.24) is 9.88 Å². The molecule has 1 aromatic carbocycles. The maximum absolute atomic E-state index is 13.3. The van der Waals surface area contributed by atoms with Gasteiger partial charge in [0.25, 0.3) is 5.91 Å². The molecule has 1 amide bonds. The molecule has 1 heterocycles. The van der Waals surface area contributed by atoms with E-state index in [-0.39, 0.29) is 23.1 Å². The van der Waals surface area contributed by atoms with Crippen LogP contribution in [0.5, 0.6) is 17.2 Å². The van der Waals surface area contributed by atoms with E-state index in [0.29, 0.717) is 35.6 Å². The van der Waals surface area contributed by atoms with Crippen LogP contribution in [0.25, 0.3) is 0 Å². The second kappa shape index (κ2) is 10.9. The van der Waals surface area contributed by atoms with E-state index in [9.17, 15) is 9.59 Å². The molecule has 0 radical (unpaired) electrons. The van der Waals surface area contributed by atoms with Gasteiger partial charge in [0.05, 0.1) is 36.4 Å². The van der Waals surface area contributed by atoms with Crippen LogP contribution < -0.4 is 24.7 Å². The van der Waals surface area contributed by atoms with Gasteiger partial charge in [-0.2, -0.15) is 0 Å². The number of rotatable bonds is 7. The first kappa shape index (κ1) is 24.1. The standard InChI is InChI=1S/C24H33N2O5P/c1-15-5-6-16(2)10-18(9-15)25-24(28)20-12-21(27)23(31-32)14-26(20)13-17-7-8-19(29-3)11-22(17)30-4/h7-8,11-12,14-16,18H,5-6,9-10,13,32H2,1-4H3,(H,25,28)/t15-,16+,18+. The minimum Gasteiger partial charge on any atom is -0.497 e. The fourth-order valence-corrected chi connectivity index (χ4v) is 4.56. The molecule has 1 unspecified atom stereocenters. The summed E-state index contributed by atoms with van der Waals surface area (Å²) in [5.74, 6) is 2.32. The molecule has 0 bridgehead atoms. The Kier molecular flexibility index (Phi) is 8.19. The number of hydrogen-bond acceptors (Lipinski definition) is 5. The van der Waals surface area contributed by atoms with Gasteiger partial charge in [-0.25, -0.2) is 0 Å². The molecule has 1 fully saturated rings. The second-order valence-corrected chi connectivity index (χ2v) is 8.98. The lowest BCUT2D eigenvalue weighted by molar-refractivity contribution is 0.0918. The third kappa shape index (κ3) is 5.83. The van der Waals surface area contributed by atoms with E-state index in [1.807, 2.05) is 12.1 Å². The SMILES string of the molecule is COc1ccc(Cn2cc(OP)c(=O)cc2C(=O)N[C@H]2C[C@H](C)CC[C@H](C)C2)c(OC)c1. The Bertz CT molecular complexity index is 994. The topological polar surface area (TPSA) is 78.8 Å². The van der Waals surface area contributed by atoms with Gasteiger partial charge in [0, 0.05) is 23.7 Å². The highest BCUT2D eigenvalue weighted by Gasteiger charge is 2.25. The first-order chi connectivity index (χ1) is 15.3. The monoisotopic (exact) mass is 460 g/mol.